The summed E-state index contributed by atoms with van der Waals surface area (Å²) in [5.41, 5.74) is 1.02. The van der Waals surface area contributed by atoms with Crippen molar-refractivity contribution in [3.63, 3.8) is 0 Å². The molecule has 0 heterocycles. The van der Waals surface area contributed by atoms with Crippen molar-refractivity contribution in [2.75, 3.05) is 7.11 Å². The fourth-order valence-corrected chi connectivity index (χ4v) is 0.983. The minimum atomic E-state index is -0.254. The van der Waals surface area contributed by atoms with Gasteiger partial charge in [0.25, 0.3) is 0 Å². The third-order valence-corrected chi connectivity index (χ3v) is 2.07. The van der Waals surface area contributed by atoms with Crippen molar-refractivity contribution >= 4 is 0 Å². The van der Waals surface area contributed by atoms with Crippen LogP contribution in [0.4, 0.5) is 0 Å². The van der Waals surface area contributed by atoms with Gasteiger partial charge < -0.3 is 4.74 Å². The standard InChI is InChI=1S/C11H17NO/c1-11(2,13-3)12-9-10-7-5-4-6-8-10/h4-8,12H,9H2,1-3H3. The van der Waals surface area contributed by atoms with Crippen LogP contribution >= 0.6 is 0 Å². The van der Waals surface area contributed by atoms with Crippen molar-refractivity contribution in [2.24, 2.45) is 0 Å². The van der Waals surface area contributed by atoms with E-state index in [2.05, 4.69) is 17.4 Å². The van der Waals surface area contributed by atoms with E-state index in [0.717, 1.165) is 6.54 Å². The predicted octanol–water partition coefficient (Wildman–Crippen LogP) is 2.16. The maximum atomic E-state index is 5.25. The molecule has 1 aromatic carbocycles. The largest absolute Gasteiger partial charge is 0.364 e. The zero-order valence-electron chi connectivity index (χ0n) is 8.50. The highest BCUT2D eigenvalue weighted by molar-refractivity contribution is 5.14. The van der Waals surface area contributed by atoms with Crippen molar-refractivity contribution in [1.82, 2.24) is 5.32 Å². The first kappa shape index (κ1) is 10.2. The molecular weight excluding hydrogens is 162 g/mol. The minimum absolute atomic E-state index is 0.254. The molecule has 0 amide bonds. The summed E-state index contributed by atoms with van der Waals surface area (Å²) in [6.07, 6.45) is 0. The molecule has 1 N–H and O–H groups in total. The Morgan fingerprint density at radius 3 is 2.38 bits per heavy atom. The number of ether oxygens (including phenoxy) is 1. The second-order valence-electron chi connectivity index (χ2n) is 3.55. The van der Waals surface area contributed by atoms with Crippen LogP contribution in [-0.2, 0) is 11.3 Å². The van der Waals surface area contributed by atoms with Crippen LogP contribution in [0.25, 0.3) is 0 Å². The molecule has 0 aliphatic carbocycles. The summed E-state index contributed by atoms with van der Waals surface area (Å²) in [5, 5.41) is 3.30. The maximum absolute atomic E-state index is 5.25. The van der Waals surface area contributed by atoms with Crippen LogP contribution in [0.2, 0.25) is 0 Å². The Hall–Kier alpha value is -0.860. The van der Waals surface area contributed by atoms with Crippen molar-refractivity contribution in [3.8, 4) is 0 Å². The molecule has 72 valence electrons. The average molecular weight is 179 g/mol. The summed E-state index contributed by atoms with van der Waals surface area (Å²) in [6.45, 7) is 4.85. The van der Waals surface area contributed by atoms with Gasteiger partial charge in [-0.1, -0.05) is 30.3 Å². The SMILES string of the molecule is COC(C)(C)NCc1ccccc1. The van der Waals surface area contributed by atoms with Crippen LogP contribution in [0.1, 0.15) is 19.4 Å². The van der Waals surface area contributed by atoms with E-state index in [1.807, 2.05) is 32.0 Å². The molecule has 0 aromatic heterocycles. The zero-order valence-corrected chi connectivity index (χ0v) is 8.50. The van der Waals surface area contributed by atoms with E-state index in [9.17, 15) is 0 Å². The van der Waals surface area contributed by atoms with Gasteiger partial charge in [-0.2, -0.15) is 0 Å². The van der Waals surface area contributed by atoms with Crippen LogP contribution in [0.5, 0.6) is 0 Å². The summed E-state index contributed by atoms with van der Waals surface area (Å²) >= 11 is 0. The van der Waals surface area contributed by atoms with Gasteiger partial charge in [0.15, 0.2) is 0 Å². The highest BCUT2D eigenvalue weighted by atomic mass is 16.5. The third kappa shape index (κ3) is 3.57. The van der Waals surface area contributed by atoms with E-state index >= 15 is 0 Å². The minimum Gasteiger partial charge on any atom is -0.364 e. The molecule has 2 heteroatoms. The highest BCUT2D eigenvalue weighted by Gasteiger charge is 2.13. The van der Waals surface area contributed by atoms with E-state index in [4.69, 9.17) is 4.74 Å². The van der Waals surface area contributed by atoms with Gasteiger partial charge in [-0.05, 0) is 19.4 Å². The number of rotatable bonds is 4. The number of hydrogen-bond acceptors (Lipinski definition) is 2. The lowest BCUT2D eigenvalue weighted by Crippen LogP contribution is -2.40. The Kier molecular flexibility index (Phi) is 3.46. The molecule has 0 atom stereocenters. The smallest absolute Gasteiger partial charge is 0.113 e. The topological polar surface area (TPSA) is 21.3 Å². The Morgan fingerprint density at radius 1 is 1.23 bits per heavy atom. The lowest BCUT2D eigenvalue weighted by Gasteiger charge is -2.24. The van der Waals surface area contributed by atoms with Crippen molar-refractivity contribution in [3.05, 3.63) is 35.9 Å². The van der Waals surface area contributed by atoms with Gasteiger partial charge in [-0.3, -0.25) is 5.32 Å². The average Bonchev–Trinajstić information content (AvgIpc) is 2.17. The van der Waals surface area contributed by atoms with E-state index in [-0.39, 0.29) is 5.72 Å². The maximum Gasteiger partial charge on any atom is 0.113 e. The summed E-state index contributed by atoms with van der Waals surface area (Å²) in [6, 6.07) is 10.3. The van der Waals surface area contributed by atoms with E-state index in [1.54, 1.807) is 7.11 Å². The fraction of sp³-hybridized carbons (Fsp3) is 0.455. The Balaban J connectivity index is 2.44. The Morgan fingerprint density at radius 2 is 1.85 bits per heavy atom. The number of nitrogens with one attached hydrogen (secondary N) is 1. The van der Waals surface area contributed by atoms with E-state index in [1.165, 1.54) is 5.56 Å². The van der Waals surface area contributed by atoms with Gasteiger partial charge in [0.05, 0.1) is 0 Å². The molecule has 0 aliphatic rings. The summed E-state index contributed by atoms with van der Waals surface area (Å²) in [5.74, 6) is 0. The van der Waals surface area contributed by atoms with Crippen LogP contribution in [-0.4, -0.2) is 12.8 Å². The predicted molar refractivity (Wildman–Crippen MR) is 54.4 cm³/mol. The summed E-state index contributed by atoms with van der Waals surface area (Å²) < 4.78 is 5.25. The molecule has 0 spiro atoms. The molecule has 0 unspecified atom stereocenters. The number of benzene rings is 1. The van der Waals surface area contributed by atoms with E-state index in [0.29, 0.717) is 0 Å². The number of hydrogen-bond donors (Lipinski definition) is 1. The fourth-order valence-electron chi connectivity index (χ4n) is 0.983. The van der Waals surface area contributed by atoms with Gasteiger partial charge in [-0.15, -0.1) is 0 Å². The first-order valence-electron chi connectivity index (χ1n) is 4.48. The molecule has 2 nitrogen and oxygen atoms in total. The van der Waals surface area contributed by atoms with Gasteiger partial charge in [0.2, 0.25) is 0 Å². The third-order valence-electron chi connectivity index (χ3n) is 2.07. The van der Waals surface area contributed by atoms with Crippen molar-refractivity contribution in [2.45, 2.75) is 26.1 Å². The van der Waals surface area contributed by atoms with Gasteiger partial charge >= 0.3 is 0 Å². The normalized spacial score (nSPS) is 11.6. The monoisotopic (exact) mass is 179 g/mol. The molecule has 0 radical (unpaired) electrons. The Labute approximate surface area is 79.9 Å². The molecule has 13 heavy (non-hydrogen) atoms. The van der Waals surface area contributed by atoms with Gasteiger partial charge in [0.1, 0.15) is 5.72 Å². The van der Waals surface area contributed by atoms with Crippen molar-refractivity contribution < 1.29 is 4.74 Å². The second kappa shape index (κ2) is 4.40. The van der Waals surface area contributed by atoms with Gasteiger partial charge in [0, 0.05) is 13.7 Å². The molecule has 1 aromatic rings. The van der Waals surface area contributed by atoms with Crippen LogP contribution in [0, 0.1) is 0 Å². The summed E-state index contributed by atoms with van der Waals surface area (Å²) in [7, 11) is 1.71. The van der Waals surface area contributed by atoms with E-state index < -0.39 is 0 Å². The summed E-state index contributed by atoms with van der Waals surface area (Å²) in [4.78, 5) is 0. The molecular formula is C11H17NO. The molecule has 0 aliphatic heterocycles. The first-order chi connectivity index (χ1) is 6.14. The molecule has 0 saturated carbocycles. The first-order valence-corrected chi connectivity index (χ1v) is 4.48. The highest BCUT2D eigenvalue weighted by Crippen LogP contribution is 2.05. The number of methoxy groups -OCH3 is 1. The zero-order chi connectivity index (χ0) is 9.73. The van der Waals surface area contributed by atoms with Crippen LogP contribution in [0.15, 0.2) is 30.3 Å². The quantitative estimate of drug-likeness (QED) is 0.715. The molecule has 0 bridgehead atoms. The van der Waals surface area contributed by atoms with Crippen LogP contribution < -0.4 is 5.32 Å². The molecule has 1 rings (SSSR count). The lowest BCUT2D eigenvalue weighted by molar-refractivity contribution is -0.00867. The molecule has 0 saturated heterocycles. The lowest BCUT2D eigenvalue weighted by atomic mass is 10.2. The van der Waals surface area contributed by atoms with Gasteiger partial charge in [-0.25, -0.2) is 0 Å². The van der Waals surface area contributed by atoms with Crippen molar-refractivity contribution in [1.29, 1.82) is 0 Å². The Bertz CT molecular complexity index is 244. The molecule has 0 fully saturated rings. The second-order valence-corrected chi connectivity index (χ2v) is 3.55. The van der Waals surface area contributed by atoms with Crippen LogP contribution in [0.3, 0.4) is 0 Å².